The van der Waals surface area contributed by atoms with Crippen LogP contribution in [0.25, 0.3) is 0 Å². The molecule has 9 heteroatoms. The molecule has 0 radical (unpaired) electrons. The molecule has 242 valence electrons. The molecule has 0 aliphatic carbocycles. The Morgan fingerprint density at radius 2 is 1.50 bits per heavy atom. The fraction of sp³-hybridized carbons (Fsp3) is 0.297. The maximum Gasteiger partial charge on any atom is 0.264 e. The van der Waals surface area contributed by atoms with Crippen molar-refractivity contribution in [2.45, 2.75) is 57.5 Å². The first kappa shape index (κ1) is 34.2. The summed E-state index contributed by atoms with van der Waals surface area (Å²) in [6, 6.07) is 29.5. The molecule has 0 aliphatic rings. The Kier molecular flexibility index (Phi) is 12.0. The first-order valence-corrected chi connectivity index (χ1v) is 17.0. The van der Waals surface area contributed by atoms with Crippen molar-refractivity contribution < 1.29 is 22.7 Å². The van der Waals surface area contributed by atoms with E-state index in [-0.39, 0.29) is 29.5 Å². The smallest absolute Gasteiger partial charge is 0.264 e. The number of benzene rings is 4. The fourth-order valence-electron chi connectivity index (χ4n) is 5.22. The van der Waals surface area contributed by atoms with E-state index in [4.69, 9.17) is 4.74 Å². The molecule has 1 N–H and O–H groups in total. The van der Waals surface area contributed by atoms with Gasteiger partial charge in [0.2, 0.25) is 11.8 Å². The molecule has 0 fully saturated rings. The lowest BCUT2D eigenvalue weighted by molar-refractivity contribution is -0.140. The average molecular weight is 642 g/mol. The minimum absolute atomic E-state index is 0.0420. The highest BCUT2D eigenvalue weighted by molar-refractivity contribution is 7.92. The summed E-state index contributed by atoms with van der Waals surface area (Å²) in [6.45, 7) is 5.92. The summed E-state index contributed by atoms with van der Waals surface area (Å²) < 4.78 is 35.2. The topological polar surface area (TPSA) is 96.0 Å². The van der Waals surface area contributed by atoms with Crippen LogP contribution in [-0.2, 0) is 32.6 Å². The number of rotatable bonds is 15. The number of aryl methyl sites for hydroxylation is 2. The minimum atomic E-state index is -4.23. The highest BCUT2D eigenvalue weighted by Gasteiger charge is 2.35. The molecule has 0 saturated carbocycles. The van der Waals surface area contributed by atoms with Crippen LogP contribution < -0.4 is 14.4 Å². The van der Waals surface area contributed by atoms with E-state index in [2.05, 4.69) is 5.32 Å². The summed E-state index contributed by atoms with van der Waals surface area (Å²) in [4.78, 5) is 30.1. The average Bonchev–Trinajstić information content (AvgIpc) is 3.06. The van der Waals surface area contributed by atoms with Crippen molar-refractivity contribution in [1.82, 2.24) is 10.2 Å². The predicted molar refractivity (Wildman–Crippen MR) is 182 cm³/mol. The summed E-state index contributed by atoms with van der Waals surface area (Å²) >= 11 is 0. The van der Waals surface area contributed by atoms with E-state index in [1.54, 1.807) is 36.4 Å². The standard InChI is InChI=1S/C37H43N3O5S/c1-5-6-24-38-37(42)34(25-30-15-8-7-9-16-30)39(26-31-17-11-10-14-29(31)3)36(41)27-40(33-18-12-13-19-35(33)45-4)46(43,44)32-22-20-28(2)21-23-32/h7-23,34H,5-6,24-27H2,1-4H3,(H,38,42)/t34-/m0/s1. The lowest BCUT2D eigenvalue weighted by Crippen LogP contribution is -2.53. The summed E-state index contributed by atoms with van der Waals surface area (Å²) in [5.74, 6) is -0.504. The van der Waals surface area contributed by atoms with E-state index in [0.29, 0.717) is 12.3 Å². The SMILES string of the molecule is CCCCNC(=O)[C@H](Cc1ccccc1)N(Cc1ccccc1C)C(=O)CN(c1ccccc1OC)S(=O)(=O)c1ccc(C)cc1. The van der Waals surface area contributed by atoms with Gasteiger partial charge in [0.15, 0.2) is 0 Å². The molecule has 46 heavy (non-hydrogen) atoms. The molecular weight excluding hydrogens is 598 g/mol. The molecule has 0 heterocycles. The van der Waals surface area contributed by atoms with E-state index >= 15 is 0 Å². The highest BCUT2D eigenvalue weighted by Crippen LogP contribution is 2.33. The van der Waals surface area contributed by atoms with Crippen LogP contribution in [0, 0.1) is 13.8 Å². The molecule has 0 spiro atoms. The summed E-state index contributed by atoms with van der Waals surface area (Å²) in [7, 11) is -2.77. The summed E-state index contributed by atoms with van der Waals surface area (Å²) in [6.07, 6.45) is 1.96. The van der Waals surface area contributed by atoms with Crippen molar-refractivity contribution in [2.75, 3.05) is 24.5 Å². The molecule has 0 unspecified atom stereocenters. The van der Waals surface area contributed by atoms with E-state index in [9.17, 15) is 18.0 Å². The molecule has 0 aliphatic heterocycles. The van der Waals surface area contributed by atoms with E-state index in [1.807, 2.05) is 75.4 Å². The van der Waals surface area contributed by atoms with Crippen LogP contribution in [-0.4, -0.2) is 51.4 Å². The molecule has 4 rings (SSSR count). The van der Waals surface area contributed by atoms with Gasteiger partial charge in [0, 0.05) is 19.5 Å². The normalized spacial score (nSPS) is 11.8. The fourth-order valence-corrected chi connectivity index (χ4v) is 6.64. The van der Waals surface area contributed by atoms with Crippen molar-refractivity contribution in [3.8, 4) is 5.75 Å². The number of nitrogens with zero attached hydrogens (tertiary/aromatic N) is 2. The second-order valence-electron chi connectivity index (χ2n) is 11.3. The zero-order valence-electron chi connectivity index (χ0n) is 27.0. The summed E-state index contributed by atoms with van der Waals surface area (Å²) in [5, 5.41) is 3.02. The van der Waals surface area contributed by atoms with Crippen LogP contribution in [0.1, 0.15) is 42.0 Å². The van der Waals surface area contributed by atoms with Gasteiger partial charge in [0.05, 0.1) is 17.7 Å². The number of para-hydroxylation sites is 2. The molecule has 0 aromatic heterocycles. The molecule has 2 amide bonds. The zero-order valence-corrected chi connectivity index (χ0v) is 27.8. The Labute approximate surface area is 273 Å². The number of carbonyl (C=O) groups excluding carboxylic acids is 2. The Hall–Kier alpha value is -4.63. The molecule has 1 atom stereocenters. The molecule has 0 saturated heterocycles. The van der Waals surface area contributed by atoms with Crippen LogP contribution in [0.4, 0.5) is 5.69 Å². The largest absolute Gasteiger partial charge is 0.495 e. The van der Waals surface area contributed by atoms with Gasteiger partial charge in [-0.05, 0) is 61.2 Å². The Morgan fingerprint density at radius 3 is 2.17 bits per heavy atom. The number of ether oxygens (including phenoxy) is 1. The van der Waals surface area contributed by atoms with Gasteiger partial charge < -0.3 is 15.0 Å². The molecule has 4 aromatic rings. The molecular formula is C37H43N3O5S. The van der Waals surface area contributed by atoms with E-state index in [0.717, 1.165) is 39.4 Å². The third-order valence-electron chi connectivity index (χ3n) is 7.94. The van der Waals surface area contributed by atoms with Crippen LogP contribution in [0.2, 0.25) is 0 Å². The first-order chi connectivity index (χ1) is 22.1. The van der Waals surface area contributed by atoms with Crippen LogP contribution in [0.5, 0.6) is 5.75 Å². The predicted octanol–water partition coefficient (Wildman–Crippen LogP) is 6.06. The number of amides is 2. The summed E-state index contributed by atoms with van der Waals surface area (Å²) in [5.41, 5.74) is 3.83. The van der Waals surface area contributed by atoms with Crippen LogP contribution in [0.3, 0.4) is 0 Å². The Bertz CT molecular complexity index is 1710. The lowest BCUT2D eigenvalue weighted by Gasteiger charge is -2.34. The van der Waals surface area contributed by atoms with Crippen molar-refractivity contribution >= 4 is 27.5 Å². The Balaban J connectivity index is 1.82. The number of carbonyl (C=O) groups is 2. The molecule has 4 aromatic carbocycles. The maximum atomic E-state index is 14.6. The van der Waals surface area contributed by atoms with Crippen molar-refractivity contribution in [3.63, 3.8) is 0 Å². The van der Waals surface area contributed by atoms with Gasteiger partial charge in [0.25, 0.3) is 10.0 Å². The third kappa shape index (κ3) is 8.54. The van der Waals surface area contributed by atoms with Crippen LogP contribution in [0.15, 0.2) is 108 Å². The highest BCUT2D eigenvalue weighted by atomic mass is 32.2. The van der Waals surface area contributed by atoms with Gasteiger partial charge in [-0.15, -0.1) is 0 Å². The molecule has 8 nitrogen and oxygen atoms in total. The number of hydrogen-bond acceptors (Lipinski definition) is 5. The van der Waals surface area contributed by atoms with E-state index in [1.165, 1.54) is 24.1 Å². The molecule has 0 bridgehead atoms. The van der Waals surface area contributed by atoms with Gasteiger partial charge in [-0.3, -0.25) is 13.9 Å². The van der Waals surface area contributed by atoms with Crippen molar-refractivity contribution in [1.29, 1.82) is 0 Å². The number of anilines is 1. The zero-order chi connectivity index (χ0) is 33.1. The van der Waals surface area contributed by atoms with Gasteiger partial charge in [0.1, 0.15) is 18.3 Å². The minimum Gasteiger partial charge on any atom is -0.495 e. The number of unbranched alkanes of at least 4 members (excludes halogenated alkanes) is 1. The number of nitrogens with one attached hydrogen (secondary N) is 1. The first-order valence-electron chi connectivity index (χ1n) is 15.5. The quantitative estimate of drug-likeness (QED) is 0.159. The van der Waals surface area contributed by atoms with E-state index < -0.39 is 28.5 Å². The van der Waals surface area contributed by atoms with Gasteiger partial charge in [-0.2, -0.15) is 0 Å². The van der Waals surface area contributed by atoms with Gasteiger partial charge >= 0.3 is 0 Å². The lowest BCUT2D eigenvalue weighted by atomic mass is 10.0. The monoisotopic (exact) mass is 641 g/mol. The van der Waals surface area contributed by atoms with Crippen LogP contribution >= 0.6 is 0 Å². The number of sulfonamides is 1. The van der Waals surface area contributed by atoms with Crippen molar-refractivity contribution in [3.05, 3.63) is 125 Å². The Morgan fingerprint density at radius 1 is 0.848 bits per heavy atom. The van der Waals surface area contributed by atoms with Gasteiger partial charge in [-0.25, -0.2) is 8.42 Å². The number of methoxy groups -OCH3 is 1. The van der Waals surface area contributed by atoms with Crippen molar-refractivity contribution in [2.24, 2.45) is 0 Å². The second-order valence-corrected chi connectivity index (χ2v) is 13.2. The second kappa shape index (κ2) is 16.1. The third-order valence-corrected chi connectivity index (χ3v) is 9.72. The maximum absolute atomic E-state index is 14.6. The number of hydrogen-bond donors (Lipinski definition) is 1. The van der Waals surface area contributed by atoms with Gasteiger partial charge in [-0.1, -0.05) is 97.8 Å².